The van der Waals surface area contributed by atoms with E-state index in [0.717, 1.165) is 6.42 Å². The van der Waals surface area contributed by atoms with Gasteiger partial charge in [0.25, 0.3) is 5.91 Å². The van der Waals surface area contributed by atoms with Crippen molar-refractivity contribution >= 4 is 23.5 Å². The zero-order valence-corrected chi connectivity index (χ0v) is 16.4. The van der Waals surface area contributed by atoms with Crippen LogP contribution in [-0.2, 0) is 9.53 Å². The van der Waals surface area contributed by atoms with Gasteiger partial charge in [-0.05, 0) is 55.8 Å². The maximum Gasteiger partial charge on any atom is 0.338 e. The number of benzene rings is 2. The topological polar surface area (TPSA) is 117 Å². The summed E-state index contributed by atoms with van der Waals surface area (Å²) in [4.78, 5) is 35.3. The minimum atomic E-state index is -0.660. The first-order chi connectivity index (χ1) is 13.9. The molecule has 8 heteroatoms. The zero-order chi connectivity index (χ0) is 21.2. The molecular weight excluding hydrogens is 376 g/mol. The average molecular weight is 400 g/mol. The number of nitrogens with two attached hydrogens (primary N) is 1. The molecule has 2 aromatic carbocycles. The van der Waals surface area contributed by atoms with Crippen LogP contribution in [0, 0.1) is 0 Å². The minimum absolute atomic E-state index is 0.246. The summed E-state index contributed by atoms with van der Waals surface area (Å²) in [5.74, 6) is -0.753. The van der Waals surface area contributed by atoms with E-state index in [1.54, 1.807) is 12.1 Å². The third-order valence-electron chi connectivity index (χ3n) is 3.73. The fourth-order valence-electron chi connectivity index (χ4n) is 2.36. The molecule has 2 rings (SSSR count). The highest BCUT2D eigenvalue weighted by atomic mass is 16.5. The Labute approximate surface area is 168 Å². The fraction of sp³-hybridized carbons (Fsp3) is 0.286. The third-order valence-corrected chi connectivity index (χ3v) is 3.73. The number of rotatable bonds is 10. The van der Waals surface area contributed by atoms with Crippen molar-refractivity contribution in [2.75, 3.05) is 25.1 Å². The molecule has 2 aromatic rings. The van der Waals surface area contributed by atoms with Gasteiger partial charge in [0.2, 0.25) is 5.91 Å². The smallest absolute Gasteiger partial charge is 0.338 e. The lowest BCUT2D eigenvalue weighted by atomic mass is 10.2. The number of carbonyl (C=O) groups excluding carboxylic acids is 3. The standard InChI is InChI=1S/C21H24N2O6/c1-3-11-28-17-10-7-15(12-18(17)27-4-2)21(26)29-13-19(24)23-16-8-5-14(6-9-16)20(22)25/h5-10,12H,3-4,11,13H2,1-2H3,(H2,22,25)(H,23,24). The van der Waals surface area contributed by atoms with Crippen molar-refractivity contribution in [2.24, 2.45) is 5.73 Å². The number of nitrogens with one attached hydrogen (secondary N) is 1. The van der Waals surface area contributed by atoms with Crippen molar-refractivity contribution < 1.29 is 28.6 Å². The summed E-state index contributed by atoms with van der Waals surface area (Å²) in [6, 6.07) is 10.8. The van der Waals surface area contributed by atoms with E-state index in [1.807, 2.05) is 13.8 Å². The molecular formula is C21H24N2O6. The normalized spacial score (nSPS) is 10.1. The van der Waals surface area contributed by atoms with Crippen LogP contribution in [0.1, 0.15) is 41.0 Å². The van der Waals surface area contributed by atoms with Crippen LogP contribution in [-0.4, -0.2) is 37.6 Å². The molecule has 8 nitrogen and oxygen atoms in total. The molecule has 0 aliphatic carbocycles. The molecule has 154 valence electrons. The first-order valence-corrected chi connectivity index (χ1v) is 9.21. The summed E-state index contributed by atoms with van der Waals surface area (Å²) < 4.78 is 16.2. The molecule has 0 spiro atoms. The van der Waals surface area contributed by atoms with Gasteiger partial charge in [0, 0.05) is 11.3 Å². The first kappa shape index (κ1) is 21.7. The predicted molar refractivity (Wildman–Crippen MR) is 107 cm³/mol. The van der Waals surface area contributed by atoms with E-state index < -0.39 is 24.4 Å². The van der Waals surface area contributed by atoms with E-state index in [2.05, 4.69) is 5.32 Å². The number of esters is 1. The quantitative estimate of drug-likeness (QED) is 0.592. The molecule has 0 saturated carbocycles. The SMILES string of the molecule is CCCOc1ccc(C(=O)OCC(=O)Nc2ccc(C(N)=O)cc2)cc1OCC. The van der Waals surface area contributed by atoms with Gasteiger partial charge in [-0.25, -0.2) is 4.79 Å². The van der Waals surface area contributed by atoms with E-state index in [-0.39, 0.29) is 5.56 Å². The molecule has 0 fully saturated rings. The molecule has 0 bridgehead atoms. The van der Waals surface area contributed by atoms with Crippen LogP contribution >= 0.6 is 0 Å². The molecule has 0 atom stereocenters. The monoisotopic (exact) mass is 400 g/mol. The molecule has 0 radical (unpaired) electrons. The number of anilines is 1. The van der Waals surface area contributed by atoms with Gasteiger partial charge in [0.05, 0.1) is 18.8 Å². The molecule has 0 saturated heterocycles. The summed E-state index contributed by atoms with van der Waals surface area (Å²) in [6.07, 6.45) is 0.843. The fourth-order valence-corrected chi connectivity index (χ4v) is 2.36. The third kappa shape index (κ3) is 6.53. The van der Waals surface area contributed by atoms with Crippen molar-refractivity contribution in [3.63, 3.8) is 0 Å². The Hall–Kier alpha value is -3.55. The molecule has 2 amide bonds. The van der Waals surface area contributed by atoms with Gasteiger partial charge in [0.15, 0.2) is 18.1 Å². The van der Waals surface area contributed by atoms with Crippen LogP contribution in [0.4, 0.5) is 5.69 Å². The summed E-state index contributed by atoms with van der Waals surface area (Å²) in [7, 11) is 0. The number of primary amides is 1. The molecule has 0 aliphatic rings. The highest BCUT2D eigenvalue weighted by Gasteiger charge is 2.14. The van der Waals surface area contributed by atoms with E-state index in [0.29, 0.717) is 36.0 Å². The maximum absolute atomic E-state index is 12.3. The molecule has 29 heavy (non-hydrogen) atoms. The highest BCUT2D eigenvalue weighted by Crippen LogP contribution is 2.29. The van der Waals surface area contributed by atoms with Gasteiger partial charge in [-0.3, -0.25) is 9.59 Å². The molecule has 0 unspecified atom stereocenters. The van der Waals surface area contributed by atoms with E-state index in [4.69, 9.17) is 19.9 Å². The average Bonchev–Trinajstić information content (AvgIpc) is 2.71. The number of ether oxygens (including phenoxy) is 3. The van der Waals surface area contributed by atoms with Gasteiger partial charge in [-0.1, -0.05) is 6.92 Å². The van der Waals surface area contributed by atoms with Gasteiger partial charge in [0.1, 0.15) is 0 Å². The van der Waals surface area contributed by atoms with Gasteiger partial charge in [-0.2, -0.15) is 0 Å². The molecule has 3 N–H and O–H groups in total. The second-order valence-corrected chi connectivity index (χ2v) is 6.01. The Bertz CT molecular complexity index is 864. The number of carbonyl (C=O) groups is 3. The van der Waals surface area contributed by atoms with Gasteiger partial charge in [-0.15, -0.1) is 0 Å². The summed E-state index contributed by atoms with van der Waals surface area (Å²) in [5, 5.41) is 2.57. The number of hydrogen-bond donors (Lipinski definition) is 2. The lowest BCUT2D eigenvalue weighted by molar-refractivity contribution is -0.119. The molecule has 0 aromatic heterocycles. The van der Waals surface area contributed by atoms with Crippen molar-refractivity contribution in [1.29, 1.82) is 0 Å². The zero-order valence-electron chi connectivity index (χ0n) is 16.4. The Balaban J connectivity index is 1.94. The highest BCUT2D eigenvalue weighted by molar-refractivity contribution is 5.97. The van der Waals surface area contributed by atoms with Crippen LogP contribution < -0.4 is 20.5 Å². The predicted octanol–water partition coefficient (Wildman–Crippen LogP) is 2.77. The van der Waals surface area contributed by atoms with Crippen LogP contribution in [0.5, 0.6) is 11.5 Å². The Morgan fingerprint density at radius 1 is 0.931 bits per heavy atom. The Morgan fingerprint density at radius 2 is 1.62 bits per heavy atom. The molecule has 0 aliphatic heterocycles. The minimum Gasteiger partial charge on any atom is -0.490 e. The number of amides is 2. The summed E-state index contributed by atoms with van der Waals surface area (Å²) >= 11 is 0. The second kappa shape index (κ2) is 10.7. The van der Waals surface area contributed by atoms with Crippen LogP contribution in [0.25, 0.3) is 0 Å². The summed E-state index contributed by atoms with van der Waals surface area (Å²) in [5.41, 5.74) is 6.19. The van der Waals surface area contributed by atoms with E-state index >= 15 is 0 Å². The maximum atomic E-state index is 12.3. The van der Waals surface area contributed by atoms with Crippen molar-refractivity contribution in [2.45, 2.75) is 20.3 Å². The van der Waals surface area contributed by atoms with Gasteiger partial charge < -0.3 is 25.3 Å². The second-order valence-electron chi connectivity index (χ2n) is 6.01. The summed E-state index contributed by atoms with van der Waals surface area (Å²) in [6.45, 7) is 4.30. The van der Waals surface area contributed by atoms with E-state index in [9.17, 15) is 14.4 Å². The van der Waals surface area contributed by atoms with Crippen molar-refractivity contribution in [3.8, 4) is 11.5 Å². The largest absolute Gasteiger partial charge is 0.490 e. The lowest BCUT2D eigenvalue weighted by Gasteiger charge is -2.13. The Kier molecular flexibility index (Phi) is 8.02. The number of hydrogen-bond acceptors (Lipinski definition) is 6. The Morgan fingerprint density at radius 3 is 2.24 bits per heavy atom. The first-order valence-electron chi connectivity index (χ1n) is 9.21. The van der Waals surface area contributed by atoms with Crippen molar-refractivity contribution in [1.82, 2.24) is 0 Å². The van der Waals surface area contributed by atoms with Crippen molar-refractivity contribution in [3.05, 3.63) is 53.6 Å². The van der Waals surface area contributed by atoms with E-state index in [1.165, 1.54) is 30.3 Å². The molecule has 0 heterocycles. The van der Waals surface area contributed by atoms with Crippen LogP contribution in [0.2, 0.25) is 0 Å². The lowest BCUT2D eigenvalue weighted by Crippen LogP contribution is -2.21. The van der Waals surface area contributed by atoms with Crippen LogP contribution in [0.15, 0.2) is 42.5 Å². The van der Waals surface area contributed by atoms with Crippen LogP contribution in [0.3, 0.4) is 0 Å². The van der Waals surface area contributed by atoms with Gasteiger partial charge >= 0.3 is 5.97 Å².